The van der Waals surface area contributed by atoms with Gasteiger partial charge in [-0.15, -0.1) is 0 Å². The lowest BCUT2D eigenvalue weighted by molar-refractivity contribution is -0.119. The molecule has 164 valence electrons. The molecule has 1 aliphatic heterocycles. The van der Waals surface area contributed by atoms with Gasteiger partial charge in [-0.05, 0) is 47.5 Å². The Morgan fingerprint density at radius 2 is 1.78 bits per heavy atom. The van der Waals surface area contributed by atoms with Crippen molar-refractivity contribution in [3.8, 4) is 0 Å². The van der Waals surface area contributed by atoms with Crippen LogP contribution in [0.3, 0.4) is 0 Å². The van der Waals surface area contributed by atoms with Gasteiger partial charge >= 0.3 is 5.97 Å². The zero-order chi connectivity index (χ0) is 22.6. The third kappa shape index (κ3) is 5.12. The van der Waals surface area contributed by atoms with Crippen molar-refractivity contribution in [1.82, 2.24) is 4.72 Å². The van der Waals surface area contributed by atoms with Crippen LogP contribution in [0.4, 0.5) is 5.69 Å². The predicted molar refractivity (Wildman–Crippen MR) is 121 cm³/mol. The van der Waals surface area contributed by atoms with E-state index in [0.717, 1.165) is 17.2 Å². The van der Waals surface area contributed by atoms with Crippen LogP contribution in [0.2, 0.25) is 0 Å². The Labute approximate surface area is 185 Å². The Hall–Kier alpha value is -3.72. The number of carbonyl (C=O) groups is 2. The molecule has 1 amide bonds. The quantitative estimate of drug-likeness (QED) is 0.559. The molecule has 3 aromatic carbocycles. The fourth-order valence-corrected chi connectivity index (χ4v) is 4.44. The van der Waals surface area contributed by atoms with Crippen LogP contribution in [-0.2, 0) is 19.6 Å². The van der Waals surface area contributed by atoms with E-state index in [1.165, 1.54) is 18.2 Å². The van der Waals surface area contributed by atoms with E-state index in [9.17, 15) is 18.0 Å². The molecule has 0 aliphatic carbocycles. The molecule has 32 heavy (non-hydrogen) atoms. The van der Waals surface area contributed by atoms with E-state index in [-0.39, 0.29) is 10.6 Å². The van der Waals surface area contributed by atoms with Crippen molar-refractivity contribution >= 4 is 44.2 Å². The number of fused-ring (bicyclic) bond motifs is 1. The topological polar surface area (TPSA) is 114 Å². The number of nitrogens with one attached hydrogen (secondary N) is 2. The Morgan fingerprint density at radius 1 is 0.969 bits per heavy atom. The smallest absolute Gasteiger partial charge is 0.338 e. The Morgan fingerprint density at radius 3 is 2.56 bits per heavy atom. The Balaban J connectivity index is 1.36. The average molecular weight is 452 g/mol. The summed E-state index contributed by atoms with van der Waals surface area (Å²) in [4.78, 5) is 28.6. The minimum atomic E-state index is -3.80. The lowest BCUT2D eigenvalue weighted by atomic mass is 10.1. The van der Waals surface area contributed by atoms with Gasteiger partial charge in [0, 0.05) is 18.7 Å². The van der Waals surface area contributed by atoms with Gasteiger partial charge in [0.2, 0.25) is 0 Å². The Bertz CT molecular complexity index is 1320. The van der Waals surface area contributed by atoms with E-state index < -0.39 is 28.5 Å². The average Bonchev–Trinajstić information content (AvgIpc) is 3.29. The number of hydrogen-bond acceptors (Lipinski definition) is 6. The zero-order valence-electron chi connectivity index (χ0n) is 17.1. The molecular weight excluding hydrogens is 430 g/mol. The molecule has 0 atom stereocenters. The maximum absolute atomic E-state index is 12.5. The number of amides is 1. The summed E-state index contributed by atoms with van der Waals surface area (Å²) in [7, 11) is -3.80. The molecule has 4 rings (SSSR count). The number of hydrogen-bond donors (Lipinski definition) is 2. The highest BCUT2D eigenvalue weighted by Gasteiger charge is 2.19. The normalized spacial score (nSPS) is 13.4. The lowest BCUT2D eigenvalue weighted by Gasteiger charge is -2.10. The van der Waals surface area contributed by atoms with Crippen molar-refractivity contribution in [3.05, 3.63) is 72.3 Å². The monoisotopic (exact) mass is 451 g/mol. The summed E-state index contributed by atoms with van der Waals surface area (Å²) < 4.78 is 32.6. The lowest BCUT2D eigenvalue weighted by Crippen LogP contribution is -2.29. The van der Waals surface area contributed by atoms with Crippen molar-refractivity contribution in [2.45, 2.75) is 17.7 Å². The van der Waals surface area contributed by atoms with E-state index in [0.29, 0.717) is 24.4 Å². The molecule has 1 heterocycles. The van der Waals surface area contributed by atoms with E-state index >= 15 is 0 Å². The third-order valence-corrected chi connectivity index (χ3v) is 6.25. The molecule has 0 bridgehead atoms. The van der Waals surface area contributed by atoms with Gasteiger partial charge in [0.05, 0.1) is 10.5 Å². The largest absolute Gasteiger partial charge is 0.452 e. The number of benzene rings is 3. The van der Waals surface area contributed by atoms with Crippen LogP contribution >= 0.6 is 0 Å². The minimum Gasteiger partial charge on any atom is -0.452 e. The third-order valence-electron chi connectivity index (χ3n) is 4.87. The maximum Gasteiger partial charge on any atom is 0.338 e. The molecule has 0 saturated heterocycles. The van der Waals surface area contributed by atoms with Crippen molar-refractivity contribution in [1.29, 1.82) is 0 Å². The minimum absolute atomic E-state index is 0.00180. The first-order chi connectivity index (χ1) is 15.4. The van der Waals surface area contributed by atoms with Gasteiger partial charge < -0.3 is 10.1 Å². The summed E-state index contributed by atoms with van der Waals surface area (Å²) in [5, 5.41) is 4.43. The number of nitrogens with zero attached hydrogens (tertiary/aromatic N) is 1. The molecule has 9 heteroatoms. The molecule has 3 aromatic rings. The first-order valence-electron chi connectivity index (χ1n) is 10.0. The van der Waals surface area contributed by atoms with E-state index in [1.807, 2.05) is 30.3 Å². The fraction of sp³-hybridized carbons (Fsp3) is 0.174. The van der Waals surface area contributed by atoms with Crippen LogP contribution in [0.25, 0.3) is 10.8 Å². The van der Waals surface area contributed by atoms with Crippen LogP contribution in [0.5, 0.6) is 0 Å². The first-order valence-corrected chi connectivity index (χ1v) is 11.5. The van der Waals surface area contributed by atoms with Gasteiger partial charge in [-0.25, -0.2) is 13.2 Å². The number of amidine groups is 1. The highest BCUT2D eigenvalue weighted by Crippen LogP contribution is 2.18. The van der Waals surface area contributed by atoms with Gasteiger partial charge in [0.15, 0.2) is 6.61 Å². The van der Waals surface area contributed by atoms with E-state index in [2.05, 4.69) is 15.0 Å². The Kier molecular flexibility index (Phi) is 6.18. The number of esters is 1. The fourth-order valence-electron chi connectivity index (χ4n) is 3.31. The number of rotatable bonds is 6. The van der Waals surface area contributed by atoms with Crippen LogP contribution < -0.4 is 10.0 Å². The molecule has 0 saturated carbocycles. The van der Waals surface area contributed by atoms with Gasteiger partial charge in [0.1, 0.15) is 5.84 Å². The van der Waals surface area contributed by atoms with Crippen LogP contribution in [0.1, 0.15) is 23.2 Å². The summed E-state index contributed by atoms with van der Waals surface area (Å²) in [5.41, 5.74) is 0.610. The van der Waals surface area contributed by atoms with Crippen molar-refractivity contribution < 1.29 is 22.7 Å². The summed E-state index contributed by atoms with van der Waals surface area (Å²) >= 11 is 0. The summed E-state index contributed by atoms with van der Waals surface area (Å²) in [6.45, 7) is 0.101. The predicted octanol–water partition coefficient (Wildman–Crippen LogP) is 3.11. The SMILES string of the molecule is O=C(COC(=O)c1ccc2ccccc2c1)Nc1cccc(S(=O)(=O)NC2=NCCC2)c1. The molecule has 0 spiro atoms. The second-order valence-electron chi connectivity index (χ2n) is 7.25. The summed E-state index contributed by atoms with van der Waals surface area (Å²) in [6.07, 6.45) is 1.39. The zero-order valence-corrected chi connectivity index (χ0v) is 17.9. The molecule has 1 aliphatic rings. The van der Waals surface area contributed by atoms with Crippen molar-refractivity contribution in [3.63, 3.8) is 0 Å². The second-order valence-corrected chi connectivity index (χ2v) is 8.93. The summed E-state index contributed by atoms with van der Waals surface area (Å²) in [5.74, 6) is -0.773. The first kappa shape index (κ1) is 21.5. The molecule has 8 nitrogen and oxygen atoms in total. The van der Waals surface area contributed by atoms with E-state index in [4.69, 9.17) is 4.74 Å². The van der Waals surface area contributed by atoms with Crippen LogP contribution in [-0.4, -0.2) is 39.3 Å². The molecule has 0 radical (unpaired) electrons. The number of ether oxygens (including phenoxy) is 1. The molecule has 0 fully saturated rings. The number of carbonyl (C=O) groups excluding carboxylic acids is 2. The molecular formula is C23H21N3O5S. The molecule has 0 unspecified atom stereocenters. The number of sulfonamides is 1. The molecule has 2 N–H and O–H groups in total. The van der Waals surface area contributed by atoms with Crippen LogP contribution in [0, 0.1) is 0 Å². The van der Waals surface area contributed by atoms with Gasteiger partial charge in [-0.2, -0.15) is 0 Å². The highest BCUT2D eigenvalue weighted by atomic mass is 32.2. The van der Waals surface area contributed by atoms with Gasteiger partial charge in [-0.1, -0.05) is 36.4 Å². The van der Waals surface area contributed by atoms with Crippen molar-refractivity contribution in [2.75, 3.05) is 18.5 Å². The second kappa shape index (κ2) is 9.19. The molecule has 0 aromatic heterocycles. The number of aliphatic imine (C=N–C) groups is 1. The maximum atomic E-state index is 12.5. The standard InChI is InChI=1S/C23H21N3O5S/c27-22(15-31-23(28)18-11-10-16-5-1-2-6-17(16)13-18)25-19-7-3-8-20(14-19)32(29,30)26-21-9-4-12-24-21/h1-3,5-8,10-11,13-14H,4,9,12,15H2,(H,24,26)(H,25,27). The van der Waals surface area contributed by atoms with Gasteiger partial charge in [0.25, 0.3) is 15.9 Å². The van der Waals surface area contributed by atoms with E-state index in [1.54, 1.807) is 18.2 Å². The van der Waals surface area contributed by atoms with Gasteiger partial charge in [-0.3, -0.25) is 14.5 Å². The van der Waals surface area contributed by atoms with Crippen LogP contribution in [0.15, 0.2) is 76.6 Å². The number of anilines is 1. The summed E-state index contributed by atoms with van der Waals surface area (Å²) in [6, 6.07) is 18.6. The highest BCUT2D eigenvalue weighted by molar-refractivity contribution is 7.90. The van der Waals surface area contributed by atoms with Crippen molar-refractivity contribution in [2.24, 2.45) is 4.99 Å².